The van der Waals surface area contributed by atoms with Crippen molar-refractivity contribution in [1.29, 1.82) is 5.26 Å². The number of nitriles is 1. The molecule has 0 saturated carbocycles. The summed E-state index contributed by atoms with van der Waals surface area (Å²) in [6.07, 6.45) is -3.40. The summed E-state index contributed by atoms with van der Waals surface area (Å²) in [5.74, 6) is -1.57. The van der Waals surface area contributed by atoms with E-state index in [1.165, 1.54) is 0 Å². The molecule has 1 fully saturated rings. The van der Waals surface area contributed by atoms with Crippen molar-refractivity contribution in [2.75, 3.05) is 12.9 Å². The van der Waals surface area contributed by atoms with Crippen molar-refractivity contribution < 1.29 is 37.0 Å². The van der Waals surface area contributed by atoms with Gasteiger partial charge in [0.25, 0.3) is 0 Å². The molecule has 1 saturated heterocycles. The zero-order valence-electron chi connectivity index (χ0n) is 16.2. The molecular formula is C18H22N2O8S. The molecule has 0 spiro atoms. The summed E-state index contributed by atoms with van der Waals surface area (Å²) in [5, 5.41) is 9.86. The van der Waals surface area contributed by atoms with Crippen molar-refractivity contribution in [3.63, 3.8) is 0 Å². The third-order valence-electron chi connectivity index (χ3n) is 4.00. The minimum Gasteiger partial charge on any atom is -0.453 e. The van der Waals surface area contributed by atoms with Crippen LogP contribution in [0.2, 0.25) is 0 Å². The Kier molecular flexibility index (Phi) is 7.32. The van der Waals surface area contributed by atoms with Crippen LogP contribution < -0.4 is 4.72 Å². The average molecular weight is 426 g/mol. The molecule has 1 N–H and O–H groups in total. The van der Waals surface area contributed by atoms with Crippen LogP contribution in [0.5, 0.6) is 0 Å². The molecule has 0 aromatic heterocycles. The average Bonchev–Trinajstić information content (AvgIpc) is 2.87. The minimum absolute atomic E-state index is 0.164. The molecule has 0 aliphatic carbocycles. The summed E-state index contributed by atoms with van der Waals surface area (Å²) in [5.41, 5.74) is -1.21. The van der Waals surface area contributed by atoms with E-state index >= 15 is 0 Å². The predicted octanol–water partition coefficient (Wildman–Crippen LogP) is 0.234. The van der Waals surface area contributed by atoms with Crippen molar-refractivity contribution in [3.05, 3.63) is 35.9 Å². The summed E-state index contributed by atoms with van der Waals surface area (Å²) in [6, 6.07) is 11.0. The number of rotatable bonds is 8. The Balaban J connectivity index is 2.32. The highest BCUT2D eigenvalue weighted by Gasteiger charge is 2.62. The van der Waals surface area contributed by atoms with Crippen molar-refractivity contribution in [2.24, 2.45) is 0 Å². The molecule has 4 atom stereocenters. The first kappa shape index (κ1) is 22.8. The van der Waals surface area contributed by atoms with Crippen LogP contribution in [-0.4, -0.2) is 57.3 Å². The van der Waals surface area contributed by atoms with Gasteiger partial charge < -0.3 is 18.9 Å². The topological polar surface area (TPSA) is 141 Å². The maximum Gasteiger partial charge on any atom is 0.305 e. The second kappa shape index (κ2) is 9.32. The van der Waals surface area contributed by atoms with E-state index in [1.54, 1.807) is 0 Å². The Morgan fingerprint density at radius 3 is 2.34 bits per heavy atom. The standard InChI is InChI=1S/C18H22N2O8S/c1-12(21)26-16-17(27-13(2)22)28-15(18(16,11-19)20-29(3,23)24)10-25-9-14-7-5-4-6-8-14/h4-8,15-17,20H,9-10H2,1-3H3/t15-,16+,17+,18-/m1/s1. The van der Waals surface area contributed by atoms with E-state index in [-0.39, 0.29) is 13.2 Å². The van der Waals surface area contributed by atoms with Gasteiger partial charge in [-0.1, -0.05) is 30.3 Å². The quantitative estimate of drug-likeness (QED) is 0.578. The van der Waals surface area contributed by atoms with Crippen LogP contribution >= 0.6 is 0 Å². The van der Waals surface area contributed by atoms with Crippen LogP contribution in [-0.2, 0) is 45.2 Å². The molecule has 10 nitrogen and oxygen atoms in total. The molecule has 0 amide bonds. The molecule has 2 rings (SSSR count). The molecule has 1 heterocycles. The van der Waals surface area contributed by atoms with E-state index in [1.807, 2.05) is 36.4 Å². The Labute approximate surface area is 168 Å². The maximum absolute atomic E-state index is 11.9. The van der Waals surface area contributed by atoms with Crippen LogP contribution in [0.4, 0.5) is 0 Å². The number of nitrogens with one attached hydrogen (secondary N) is 1. The van der Waals surface area contributed by atoms with E-state index in [9.17, 15) is 23.3 Å². The van der Waals surface area contributed by atoms with Gasteiger partial charge in [0.2, 0.25) is 16.3 Å². The summed E-state index contributed by atoms with van der Waals surface area (Å²) >= 11 is 0. The number of nitrogens with zero attached hydrogens (tertiary/aromatic N) is 1. The lowest BCUT2D eigenvalue weighted by molar-refractivity contribution is -0.196. The Hall–Kier alpha value is -2.52. The number of carbonyl (C=O) groups excluding carboxylic acids is 2. The van der Waals surface area contributed by atoms with Gasteiger partial charge in [0.05, 0.1) is 25.5 Å². The van der Waals surface area contributed by atoms with E-state index < -0.39 is 46.0 Å². The number of benzene rings is 1. The molecule has 1 aromatic carbocycles. The lowest BCUT2D eigenvalue weighted by Gasteiger charge is -2.31. The lowest BCUT2D eigenvalue weighted by Crippen LogP contribution is -2.62. The molecule has 158 valence electrons. The van der Waals surface area contributed by atoms with Gasteiger partial charge in [-0.05, 0) is 5.56 Å². The maximum atomic E-state index is 11.9. The zero-order chi connectivity index (χ0) is 21.7. The zero-order valence-corrected chi connectivity index (χ0v) is 17.0. The Bertz CT molecular complexity index is 883. The van der Waals surface area contributed by atoms with Gasteiger partial charge in [0.15, 0.2) is 11.6 Å². The first-order valence-corrected chi connectivity index (χ1v) is 10.5. The van der Waals surface area contributed by atoms with Crippen molar-refractivity contribution in [1.82, 2.24) is 4.72 Å². The fourth-order valence-electron chi connectivity index (χ4n) is 2.94. The summed E-state index contributed by atoms with van der Waals surface area (Å²) in [6.45, 7) is 2.11. The van der Waals surface area contributed by atoms with Crippen molar-refractivity contribution in [3.8, 4) is 6.07 Å². The minimum atomic E-state index is -3.95. The van der Waals surface area contributed by atoms with Gasteiger partial charge in [-0.3, -0.25) is 9.59 Å². The SMILES string of the molecule is CC(=O)O[C@H]1O[C@H](COCc2ccccc2)[C@@](C#N)(NS(C)(=O)=O)[C@H]1OC(C)=O. The summed E-state index contributed by atoms with van der Waals surface area (Å²) in [7, 11) is -3.95. The third-order valence-corrected chi connectivity index (χ3v) is 4.71. The number of sulfonamides is 1. The third kappa shape index (κ3) is 5.98. The molecule has 1 aromatic rings. The van der Waals surface area contributed by atoms with Gasteiger partial charge >= 0.3 is 11.9 Å². The van der Waals surface area contributed by atoms with E-state index in [0.717, 1.165) is 25.7 Å². The molecule has 1 aliphatic rings. The van der Waals surface area contributed by atoms with Crippen LogP contribution in [0.15, 0.2) is 30.3 Å². The smallest absolute Gasteiger partial charge is 0.305 e. The van der Waals surface area contributed by atoms with Crippen LogP contribution in [0.25, 0.3) is 0 Å². The Morgan fingerprint density at radius 1 is 1.21 bits per heavy atom. The molecule has 11 heteroatoms. The monoisotopic (exact) mass is 426 g/mol. The lowest BCUT2D eigenvalue weighted by atomic mass is 9.91. The van der Waals surface area contributed by atoms with Crippen LogP contribution in [0.3, 0.4) is 0 Å². The Morgan fingerprint density at radius 2 is 1.83 bits per heavy atom. The number of carbonyl (C=O) groups is 2. The molecule has 0 bridgehead atoms. The summed E-state index contributed by atoms with van der Waals surface area (Å²) in [4.78, 5) is 23.0. The fraction of sp³-hybridized carbons (Fsp3) is 0.500. The van der Waals surface area contributed by atoms with E-state index in [4.69, 9.17) is 18.9 Å². The summed E-state index contributed by atoms with van der Waals surface area (Å²) < 4.78 is 47.4. The normalized spacial score (nSPS) is 26.5. The van der Waals surface area contributed by atoms with Gasteiger partial charge in [0, 0.05) is 13.8 Å². The first-order chi connectivity index (χ1) is 13.6. The number of esters is 2. The van der Waals surface area contributed by atoms with Crippen LogP contribution in [0.1, 0.15) is 19.4 Å². The molecule has 0 radical (unpaired) electrons. The molecular weight excluding hydrogens is 404 g/mol. The number of ether oxygens (including phenoxy) is 4. The van der Waals surface area contributed by atoms with Crippen molar-refractivity contribution in [2.45, 2.75) is 44.5 Å². The second-order valence-corrected chi connectivity index (χ2v) is 8.24. The van der Waals surface area contributed by atoms with E-state index in [0.29, 0.717) is 0 Å². The van der Waals surface area contributed by atoms with Gasteiger partial charge in [-0.15, -0.1) is 0 Å². The van der Waals surface area contributed by atoms with Gasteiger partial charge in [-0.25, -0.2) is 8.42 Å². The molecule has 29 heavy (non-hydrogen) atoms. The number of hydrogen-bond donors (Lipinski definition) is 1. The predicted molar refractivity (Wildman–Crippen MR) is 98.4 cm³/mol. The highest BCUT2D eigenvalue weighted by Crippen LogP contribution is 2.35. The van der Waals surface area contributed by atoms with Crippen LogP contribution in [0, 0.1) is 11.3 Å². The van der Waals surface area contributed by atoms with E-state index in [2.05, 4.69) is 4.72 Å². The first-order valence-electron chi connectivity index (χ1n) is 8.59. The second-order valence-electron chi connectivity index (χ2n) is 6.49. The van der Waals surface area contributed by atoms with Gasteiger partial charge in [-0.2, -0.15) is 9.98 Å². The highest BCUT2D eigenvalue weighted by molar-refractivity contribution is 7.88. The molecule has 0 unspecified atom stereocenters. The van der Waals surface area contributed by atoms with Gasteiger partial charge in [0.1, 0.15) is 6.10 Å². The number of hydrogen-bond acceptors (Lipinski definition) is 9. The largest absolute Gasteiger partial charge is 0.453 e. The fourth-order valence-corrected chi connectivity index (χ4v) is 3.84. The molecule has 1 aliphatic heterocycles. The van der Waals surface area contributed by atoms with Crippen molar-refractivity contribution >= 4 is 22.0 Å². The highest BCUT2D eigenvalue weighted by atomic mass is 32.2.